The summed E-state index contributed by atoms with van der Waals surface area (Å²) in [5.74, 6) is -6.64. The van der Waals surface area contributed by atoms with Crippen LogP contribution in [0.4, 0.5) is 0 Å². The van der Waals surface area contributed by atoms with Crippen molar-refractivity contribution in [3.05, 3.63) is 0 Å². The molecule has 31 heavy (non-hydrogen) atoms. The Morgan fingerprint density at radius 1 is 0.581 bits per heavy atom. The maximum Gasteiger partial charge on any atom is 0.303 e. The van der Waals surface area contributed by atoms with Gasteiger partial charge in [-0.3, -0.25) is 33.6 Å². The molecule has 0 saturated carbocycles. The van der Waals surface area contributed by atoms with E-state index in [-0.39, 0.29) is 19.3 Å². The van der Waals surface area contributed by atoms with Crippen LogP contribution < -0.4 is 16.0 Å². The lowest BCUT2D eigenvalue weighted by molar-refractivity contribution is -0.140. The van der Waals surface area contributed by atoms with E-state index in [1.807, 2.05) is 0 Å². The maximum absolute atomic E-state index is 12.6. The molecule has 0 spiro atoms. The third-order valence-corrected chi connectivity index (χ3v) is 4.07. The van der Waals surface area contributed by atoms with Gasteiger partial charge in [0, 0.05) is 26.2 Å². The van der Waals surface area contributed by atoms with Crippen molar-refractivity contribution in [2.24, 2.45) is 0 Å². The van der Waals surface area contributed by atoms with Gasteiger partial charge in [0.1, 0.15) is 12.1 Å². The first-order chi connectivity index (χ1) is 14.3. The van der Waals surface area contributed by atoms with E-state index in [0.29, 0.717) is 0 Å². The average molecular weight is 445 g/mol. The number of hydrogen-bond donors (Lipinski definition) is 6. The number of carbonyl (C=O) groups excluding carboxylic acids is 4. The molecular formula is C18H27N3O10. The first kappa shape index (κ1) is 27.5. The number of carbonyl (C=O) groups is 7. The summed E-state index contributed by atoms with van der Waals surface area (Å²) < 4.78 is 0. The highest BCUT2D eigenvalue weighted by Gasteiger charge is 2.29. The predicted molar refractivity (Wildman–Crippen MR) is 103 cm³/mol. The van der Waals surface area contributed by atoms with Gasteiger partial charge >= 0.3 is 17.9 Å². The third-order valence-electron chi connectivity index (χ3n) is 4.07. The number of amides is 3. The lowest BCUT2D eigenvalue weighted by atomic mass is 10.0. The lowest BCUT2D eigenvalue weighted by Gasteiger charge is -2.24. The minimum absolute atomic E-state index is 0.205. The zero-order valence-corrected chi connectivity index (χ0v) is 17.2. The fourth-order valence-corrected chi connectivity index (χ4v) is 2.51. The van der Waals surface area contributed by atoms with Crippen LogP contribution in [-0.2, 0) is 33.6 Å². The molecule has 0 aliphatic heterocycles. The number of ketones is 1. The van der Waals surface area contributed by atoms with Crippen molar-refractivity contribution in [2.75, 3.05) is 0 Å². The normalized spacial score (nSPS) is 13.2. The number of Topliss-reactive ketones (excluding diaryl/α,β-unsaturated/α-hetero) is 1. The Bertz CT molecular complexity index is 721. The van der Waals surface area contributed by atoms with Crippen molar-refractivity contribution in [3.63, 3.8) is 0 Å². The maximum atomic E-state index is 12.6. The van der Waals surface area contributed by atoms with Crippen LogP contribution >= 0.6 is 0 Å². The smallest absolute Gasteiger partial charge is 0.303 e. The van der Waals surface area contributed by atoms with E-state index in [4.69, 9.17) is 15.3 Å². The molecule has 0 saturated heterocycles. The molecule has 0 rings (SSSR count). The van der Waals surface area contributed by atoms with Crippen molar-refractivity contribution in [1.82, 2.24) is 16.0 Å². The van der Waals surface area contributed by atoms with E-state index in [0.717, 1.165) is 13.8 Å². The van der Waals surface area contributed by atoms with Gasteiger partial charge in [0.25, 0.3) is 0 Å². The van der Waals surface area contributed by atoms with Gasteiger partial charge in [0.15, 0.2) is 5.78 Å². The van der Waals surface area contributed by atoms with E-state index in [2.05, 4.69) is 16.0 Å². The number of carboxylic acid groups (broad SMARTS) is 3. The standard InChI is InChI=1S/C18H27N3O10/c1-9(22)11(3-6-14(24)25)20-18(31)13(5-8-16(28)29)21-17(30)12(19-10(2)23)4-7-15(26)27/h11-13H,3-8H2,1-2H3,(H,19,23)(H,20,31)(H,21,30)(H,24,25)(H,26,27)(H,28,29)/t11-,12-,13?/m0/s1. The molecule has 0 radical (unpaired) electrons. The quantitative estimate of drug-likeness (QED) is 0.174. The van der Waals surface area contributed by atoms with Crippen LogP contribution in [0.1, 0.15) is 52.4 Å². The van der Waals surface area contributed by atoms with Gasteiger partial charge in [0.2, 0.25) is 17.7 Å². The van der Waals surface area contributed by atoms with E-state index in [9.17, 15) is 33.6 Å². The number of rotatable bonds is 15. The fourth-order valence-electron chi connectivity index (χ4n) is 2.51. The molecule has 0 bridgehead atoms. The van der Waals surface area contributed by atoms with Crippen molar-refractivity contribution >= 4 is 41.4 Å². The van der Waals surface area contributed by atoms with Crippen LogP contribution in [0.5, 0.6) is 0 Å². The molecule has 0 aliphatic carbocycles. The van der Waals surface area contributed by atoms with Crippen molar-refractivity contribution in [2.45, 2.75) is 70.5 Å². The predicted octanol–water partition coefficient (Wildman–Crippen LogP) is -1.36. The Labute approximate surface area is 177 Å². The van der Waals surface area contributed by atoms with Crippen LogP contribution in [0.2, 0.25) is 0 Å². The molecule has 0 aromatic heterocycles. The highest BCUT2D eigenvalue weighted by molar-refractivity contribution is 5.94. The van der Waals surface area contributed by atoms with E-state index >= 15 is 0 Å². The molecule has 13 heteroatoms. The first-order valence-electron chi connectivity index (χ1n) is 9.37. The van der Waals surface area contributed by atoms with Crippen molar-refractivity contribution in [1.29, 1.82) is 0 Å². The largest absolute Gasteiger partial charge is 0.481 e. The Hall–Kier alpha value is -3.51. The second-order valence-corrected chi connectivity index (χ2v) is 6.78. The molecular weight excluding hydrogens is 418 g/mol. The van der Waals surface area contributed by atoms with Gasteiger partial charge in [-0.25, -0.2) is 0 Å². The molecule has 0 fully saturated rings. The van der Waals surface area contributed by atoms with Gasteiger partial charge in [-0.2, -0.15) is 0 Å². The summed E-state index contributed by atoms with van der Waals surface area (Å²) in [6.45, 7) is 2.24. The zero-order valence-electron chi connectivity index (χ0n) is 17.2. The van der Waals surface area contributed by atoms with E-state index in [1.54, 1.807) is 0 Å². The fraction of sp³-hybridized carbons (Fsp3) is 0.611. The van der Waals surface area contributed by atoms with Crippen LogP contribution in [0.25, 0.3) is 0 Å². The molecule has 0 heterocycles. The number of aliphatic carboxylic acids is 3. The summed E-state index contributed by atoms with van der Waals surface area (Å²) in [6, 6.07) is -3.87. The monoisotopic (exact) mass is 445 g/mol. The minimum atomic E-state index is -1.42. The number of nitrogens with one attached hydrogen (secondary N) is 3. The first-order valence-corrected chi connectivity index (χ1v) is 9.37. The molecule has 6 N–H and O–H groups in total. The second-order valence-electron chi connectivity index (χ2n) is 6.78. The molecule has 174 valence electrons. The zero-order chi connectivity index (χ0) is 24.1. The summed E-state index contributed by atoms with van der Waals surface area (Å²) >= 11 is 0. The number of hydrogen-bond acceptors (Lipinski definition) is 7. The lowest BCUT2D eigenvalue weighted by Crippen LogP contribution is -2.55. The summed E-state index contributed by atoms with van der Waals surface area (Å²) in [5, 5.41) is 33.2. The third kappa shape index (κ3) is 12.6. The molecule has 3 atom stereocenters. The highest BCUT2D eigenvalue weighted by Crippen LogP contribution is 2.06. The average Bonchev–Trinajstić information content (AvgIpc) is 2.63. The molecule has 13 nitrogen and oxygen atoms in total. The molecule has 3 amide bonds. The number of carboxylic acids is 3. The van der Waals surface area contributed by atoms with Gasteiger partial charge in [-0.05, 0) is 26.2 Å². The SMILES string of the molecule is CC(=O)N[C@@H](CCC(=O)O)C(=O)NC(CCC(=O)O)C(=O)N[C@@H](CCC(=O)O)C(C)=O. The highest BCUT2D eigenvalue weighted by atomic mass is 16.4. The van der Waals surface area contributed by atoms with E-state index < -0.39 is 78.8 Å². The summed E-state index contributed by atoms with van der Waals surface area (Å²) in [5.41, 5.74) is 0. The molecule has 0 aliphatic rings. The van der Waals surface area contributed by atoms with E-state index in [1.165, 1.54) is 0 Å². The summed E-state index contributed by atoms with van der Waals surface area (Å²) in [4.78, 5) is 80.4. The van der Waals surface area contributed by atoms with Crippen LogP contribution in [0, 0.1) is 0 Å². The molecule has 0 aromatic carbocycles. The molecule has 0 aromatic rings. The van der Waals surface area contributed by atoms with Crippen LogP contribution in [-0.4, -0.2) is 74.9 Å². The van der Waals surface area contributed by atoms with Gasteiger partial charge in [-0.15, -0.1) is 0 Å². The second kappa shape index (κ2) is 13.7. The summed E-state index contributed by atoms with van der Waals surface area (Å²) in [7, 11) is 0. The molecule has 1 unspecified atom stereocenters. The van der Waals surface area contributed by atoms with Crippen molar-refractivity contribution < 1.29 is 48.9 Å². The summed E-state index contributed by atoms with van der Waals surface area (Å²) in [6.07, 6.45) is -2.21. The van der Waals surface area contributed by atoms with Crippen molar-refractivity contribution in [3.8, 4) is 0 Å². The Balaban J connectivity index is 5.41. The minimum Gasteiger partial charge on any atom is -0.481 e. The Morgan fingerprint density at radius 3 is 1.23 bits per heavy atom. The van der Waals surface area contributed by atoms with Crippen LogP contribution in [0.15, 0.2) is 0 Å². The Kier molecular flexibility index (Phi) is 12.1. The van der Waals surface area contributed by atoms with Gasteiger partial charge in [-0.1, -0.05) is 0 Å². The van der Waals surface area contributed by atoms with Crippen LogP contribution in [0.3, 0.4) is 0 Å². The Morgan fingerprint density at radius 2 is 0.903 bits per heavy atom. The van der Waals surface area contributed by atoms with Gasteiger partial charge < -0.3 is 31.3 Å². The van der Waals surface area contributed by atoms with Gasteiger partial charge in [0.05, 0.1) is 6.04 Å². The topological polar surface area (TPSA) is 216 Å².